The van der Waals surface area contributed by atoms with Crippen LogP contribution in [0.4, 0.5) is 0 Å². The molecular formula is C12H12N2O2. The SMILES string of the molecule is CCc1cn(-c2ccccc2)c(C(=O)O)n1. The molecule has 0 saturated carbocycles. The Bertz CT molecular complexity index is 503. The number of para-hydroxylation sites is 1. The molecule has 4 nitrogen and oxygen atoms in total. The van der Waals surface area contributed by atoms with Crippen LogP contribution in [0, 0.1) is 0 Å². The Hall–Kier alpha value is -2.10. The number of aryl methyl sites for hydroxylation is 1. The summed E-state index contributed by atoms with van der Waals surface area (Å²) in [6.07, 6.45) is 2.49. The fourth-order valence-electron chi connectivity index (χ4n) is 1.54. The fourth-order valence-corrected chi connectivity index (χ4v) is 1.54. The monoisotopic (exact) mass is 216 g/mol. The van der Waals surface area contributed by atoms with Crippen molar-refractivity contribution in [3.8, 4) is 5.69 Å². The lowest BCUT2D eigenvalue weighted by Gasteiger charge is -2.03. The normalized spacial score (nSPS) is 10.3. The molecule has 0 aliphatic carbocycles. The molecule has 82 valence electrons. The second-order valence-corrected chi connectivity index (χ2v) is 3.42. The number of aromatic nitrogens is 2. The van der Waals surface area contributed by atoms with Crippen LogP contribution in [0.2, 0.25) is 0 Å². The van der Waals surface area contributed by atoms with Crippen molar-refractivity contribution in [1.82, 2.24) is 9.55 Å². The van der Waals surface area contributed by atoms with Gasteiger partial charge in [0.1, 0.15) is 0 Å². The van der Waals surface area contributed by atoms with Gasteiger partial charge in [-0.15, -0.1) is 0 Å². The first kappa shape index (κ1) is 10.4. The lowest BCUT2D eigenvalue weighted by atomic mass is 10.3. The van der Waals surface area contributed by atoms with Crippen molar-refractivity contribution in [2.75, 3.05) is 0 Å². The van der Waals surface area contributed by atoms with Crippen molar-refractivity contribution in [2.24, 2.45) is 0 Å². The van der Waals surface area contributed by atoms with Gasteiger partial charge in [-0.3, -0.25) is 4.57 Å². The van der Waals surface area contributed by atoms with Crippen molar-refractivity contribution in [3.63, 3.8) is 0 Å². The first-order valence-electron chi connectivity index (χ1n) is 5.09. The Morgan fingerprint density at radius 2 is 2.06 bits per heavy atom. The highest BCUT2D eigenvalue weighted by molar-refractivity contribution is 5.84. The minimum Gasteiger partial charge on any atom is -0.475 e. The molecule has 2 aromatic rings. The summed E-state index contributed by atoms with van der Waals surface area (Å²) < 4.78 is 1.60. The molecule has 0 saturated heterocycles. The smallest absolute Gasteiger partial charge is 0.372 e. The summed E-state index contributed by atoms with van der Waals surface area (Å²) in [5.41, 5.74) is 1.59. The molecule has 0 atom stereocenters. The average Bonchev–Trinajstić information content (AvgIpc) is 2.74. The molecule has 1 aromatic carbocycles. The summed E-state index contributed by atoms with van der Waals surface area (Å²) in [6.45, 7) is 1.95. The van der Waals surface area contributed by atoms with E-state index in [-0.39, 0.29) is 5.82 Å². The standard InChI is InChI=1S/C12H12N2O2/c1-2-9-8-14(11(13-9)12(15)16)10-6-4-3-5-7-10/h3-8H,2H2,1H3,(H,15,16). The Morgan fingerprint density at radius 3 is 2.62 bits per heavy atom. The van der Waals surface area contributed by atoms with Crippen molar-refractivity contribution in [2.45, 2.75) is 13.3 Å². The van der Waals surface area contributed by atoms with Gasteiger partial charge >= 0.3 is 5.97 Å². The number of nitrogens with zero attached hydrogens (tertiary/aromatic N) is 2. The van der Waals surface area contributed by atoms with Gasteiger partial charge in [-0.25, -0.2) is 9.78 Å². The maximum absolute atomic E-state index is 11.0. The van der Waals surface area contributed by atoms with E-state index >= 15 is 0 Å². The highest BCUT2D eigenvalue weighted by atomic mass is 16.4. The zero-order valence-corrected chi connectivity index (χ0v) is 8.92. The van der Waals surface area contributed by atoms with Gasteiger partial charge in [0.2, 0.25) is 5.82 Å². The van der Waals surface area contributed by atoms with Gasteiger partial charge < -0.3 is 5.11 Å². The predicted octanol–water partition coefficient (Wildman–Crippen LogP) is 2.13. The molecule has 1 heterocycles. The maximum Gasteiger partial charge on any atom is 0.372 e. The highest BCUT2D eigenvalue weighted by Gasteiger charge is 2.14. The number of carbonyl (C=O) groups is 1. The summed E-state index contributed by atoms with van der Waals surface area (Å²) in [5, 5.41) is 9.05. The van der Waals surface area contributed by atoms with E-state index < -0.39 is 5.97 Å². The van der Waals surface area contributed by atoms with E-state index in [1.165, 1.54) is 0 Å². The van der Waals surface area contributed by atoms with E-state index in [9.17, 15) is 4.79 Å². The second kappa shape index (κ2) is 4.18. The molecule has 0 unspecified atom stereocenters. The number of carboxylic acid groups (broad SMARTS) is 1. The molecule has 0 aliphatic rings. The average molecular weight is 216 g/mol. The molecular weight excluding hydrogens is 204 g/mol. The van der Waals surface area contributed by atoms with Gasteiger partial charge in [0.05, 0.1) is 5.69 Å². The van der Waals surface area contributed by atoms with Crippen molar-refractivity contribution in [1.29, 1.82) is 0 Å². The summed E-state index contributed by atoms with van der Waals surface area (Å²) >= 11 is 0. The number of carboxylic acids is 1. The number of imidazole rings is 1. The van der Waals surface area contributed by atoms with Crippen LogP contribution in [0.3, 0.4) is 0 Å². The lowest BCUT2D eigenvalue weighted by Crippen LogP contribution is -2.07. The number of rotatable bonds is 3. The van der Waals surface area contributed by atoms with Crippen LogP contribution in [-0.2, 0) is 6.42 Å². The summed E-state index contributed by atoms with van der Waals surface area (Å²) in [7, 11) is 0. The Morgan fingerprint density at radius 1 is 1.38 bits per heavy atom. The zero-order valence-electron chi connectivity index (χ0n) is 8.92. The van der Waals surface area contributed by atoms with Gasteiger partial charge in [0.15, 0.2) is 0 Å². The predicted molar refractivity (Wildman–Crippen MR) is 59.9 cm³/mol. The molecule has 0 spiro atoms. The van der Waals surface area contributed by atoms with Crippen LogP contribution in [0.25, 0.3) is 5.69 Å². The Labute approximate surface area is 93.2 Å². The van der Waals surface area contributed by atoms with Gasteiger partial charge in [-0.1, -0.05) is 25.1 Å². The van der Waals surface area contributed by atoms with Crippen LogP contribution < -0.4 is 0 Å². The third kappa shape index (κ3) is 1.82. The number of hydrogen-bond donors (Lipinski definition) is 1. The zero-order chi connectivity index (χ0) is 11.5. The quantitative estimate of drug-likeness (QED) is 0.855. The Kier molecular flexibility index (Phi) is 2.72. The molecule has 2 rings (SSSR count). The highest BCUT2D eigenvalue weighted by Crippen LogP contribution is 2.13. The minimum atomic E-state index is -1.01. The van der Waals surface area contributed by atoms with Gasteiger partial charge in [-0.2, -0.15) is 0 Å². The molecule has 4 heteroatoms. The number of aromatic carboxylic acids is 1. The van der Waals surface area contributed by atoms with Crippen LogP contribution in [0.15, 0.2) is 36.5 Å². The van der Waals surface area contributed by atoms with Gasteiger partial charge in [-0.05, 0) is 18.6 Å². The van der Waals surface area contributed by atoms with E-state index in [1.54, 1.807) is 10.8 Å². The lowest BCUT2D eigenvalue weighted by molar-refractivity contribution is 0.0681. The number of hydrogen-bond acceptors (Lipinski definition) is 2. The van der Waals surface area contributed by atoms with Crippen LogP contribution >= 0.6 is 0 Å². The summed E-state index contributed by atoms with van der Waals surface area (Å²) in [6, 6.07) is 9.34. The van der Waals surface area contributed by atoms with E-state index in [4.69, 9.17) is 5.11 Å². The third-order valence-electron chi connectivity index (χ3n) is 2.34. The molecule has 1 aromatic heterocycles. The van der Waals surface area contributed by atoms with Crippen LogP contribution in [-0.4, -0.2) is 20.6 Å². The van der Waals surface area contributed by atoms with E-state index in [1.807, 2.05) is 37.3 Å². The van der Waals surface area contributed by atoms with Crippen molar-refractivity contribution in [3.05, 3.63) is 48.0 Å². The van der Waals surface area contributed by atoms with Crippen LogP contribution in [0.5, 0.6) is 0 Å². The van der Waals surface area contributed by atoms with E-state index in [0.717, 1.165) is 17.8 Å². The van der Waals surface area contributed by atoms with Gasteiger partial charge in [0, 0.05) is 11.9 Å². The molecule has 0 bridgehead atoms. The summed E-state index contributed by atoms with van der Waals surface area (Å²) in [5.74, 6) is -0.952. The molecule has 16 heavy (non-hydrogen) atoms. The maximum atomic E-state index is 11.0. The van der Waals surface area contributed by atoms with Crippen molar-refractivity contribution < 1.29 is 9.90 Å². The van der Waals surface area contributed by atoms with E-state index in [0.29, 0.717) is 0 Å². The van der Waals surface area contributed by atoms with Crippen LogP contribution in [0.1, 0.15) is 23.2 Å². The summed E-state index contributed by atoms with van der Waals surface area (Å²) in [4.78, 5) is 15.1. The van der Waals surface area contributed by atoms with Gasteiger partial charge in [0.25, 0.3) is 0 Å². The molecule has 0 fully saturated rings. The molecule has 0 radical (unpaired) electrons. The first-order valence-corrected chi connectivity index (χ1v) is 5.09. The Balaban J connectivity index is 2.55. The van der Waals surface area contributed by atoms with Crippen molar-refractivity contribution >= 4 is 5.97 Å². The minimum absolute atomic E-state index is 0.0584. The topological polar surface area (TPSA) is 55.1 Å². The second-order valence-electron chi connectivity index (χ2n) is 3.42. The largest absolute Gasteiger partial charge is 0.475 e. The number of benzene rings is 1. The molecule has 0 amide bonds. The molecule has 0 aliphatic heterocycles. The first-order chi connectivity index (χ1) is 7.72. The fraction of sp³-hybridized carbons (Fsp3) is 0.167. The van der Waals surface area contributed by atoms with E-state index in [2.05, 4.69) is 4.98 Å². The molecule has 1 N–H and O–H groups in total. The third-order valence-corrected chi connectivity index (χ3v) is 2.34.